The molecule has 0 aromatic heterocycles. The lowest BCUT2D eigenvalue weighted by atomic mass is 10.1. The van der Waals surface area contributed by atoms with Crippen LogP contribution in [-0.2, 0) is 9.53 Å². The zero-order chi connectivity index (χ0) is 16.7. The number of halogens is 4. The highest BCUT2D eigenvalue weighted by molar-refractivity contribution is 6.22. The summed E-state index contributed by atoms with van der Waals surface area (Å²) >= 11 is 0. The van der Waals surface area contributed by atoms with Crippen molar-refractivity contribution in [3.63, 3.8) is 0 Å². The quantitative estimate of drug-likeness (QED) is 0.651. The first kappa shape index (κ1) is 15.9. The number of rotatable bonds is 3. The van der Waals surface area contributed by atoms with E-state index >= 15 is 0 Å². The zero-order valence-electron chi connectivity index (χ0n) is 10.9. The minimum absolute atomic E-state index is 0.00271. The van der Waals surface area contributed by atoms with Gasteiger partial charge in [-0.15, -0.1) is 0 Å². The number of carbonyl (C=O) groups excluding carboxylic acids is 3. The van der Waals surface area contributed by atoms with Crippen molar-refractivity contribution in [3.8, 4) is 0 Å². The number of nitrogens with one attached hydrogen (secondary N) is 2. The smallest absolute Gasteiger partial charge is 0.335 e. The largest absolute Gasteiger partial charge is 0.458 e. The molecule has 1 aromatic rings. The Morgan fingerprint density at radius 3 is 2.27 bits per heavy atom. The third-order valence-corrected chi connectivity index (χ3v) is 2.93. The number of methoxy groups -OCH3 is 1. The van der Waals surface area contributed by atoms with Crippen LogP contribution in [0.4, 0.5) is 23.2 Å². The number of amides is 3. The fourth-order valence-electron chi connectivity index (χ4n) is 1.79. The van der Waals surface area contributed by atoms with Crippen LogP contribution in [0.15, 0.2) is 18.2 Å². The minimum atomic E-state index is -5.59. The molecule has 1 atom stereocenters. The van der Waals surface area contributed by atoms with Crippen molar-refractivity contribution in [3.05, 3.63) is 29.3 Å². The van der Waals surface area contributed by atoms with Crippen LogP contribution < -0.4 is 10.6 Å². The predicted octanol–water partition coefficient (Wildman–Crippen LogP) is 1.38. The molecule has 6 nitrogen and oxygen atoms in total. The van der Waals surface area contributed by atoms with Gasteiger partial charge in [-0.2, -0.15) is 17.6 Å². The maximum atomic E-state index is 13.6. The van der Waals surface area contributed by atoms with Gasteiger partial charge in [-0.25, -0.2) is 0 Å². The number of carbonyl (C=O) groups is 3. The molecule has 1 aliphatic heterocycles. The van der Waals surface area contributed by atoms with Gasteiger partial charge in [0.05, 0.1) is 11.1 Å². The summed E-state index contributed by atoms with van der Waals surface area (Å²) in [7, 11) is 0.391. The van der Waals surface area contributed by atoms with Crippen LogP contribution in [0.25, 0.3) is 0 Å². The second-order valence-electron chi connectivity index (χ2n) is 4.29. The number of hydrogen-bond acceptors (Lipinski definition) is 4. The minimum Gasteiger partial charge on any atom is -0.335 e. The number of hydrogen-bond donors (Lipinski definition) is 2. The Morgan fingerprint density at radius 1 is 1.14 bits per heavy atom. The molecule has 118 valence electrons. The van der Waals surface area contributed by atoms with Gasteiger partial charge < -0.3 is 10.1 Å². The Labute approximate surface area is 120 Å². The van der Waals surface area contributed by atoms with E-state index in [9.17, 15) is 31.9 Å². The molecular formula is C12H8F4N2O4. The van der Waals surface area contributed by atoms with E-state index < -0.39 is 29.8 Å². The lowest BCUT2D eigenvalue weighted by Crippen LogP contribution is -2.52. The summed E-state index contributed by atoms with van der Waals surface area (Å²) in [4.78, 5) is 34.2. The van der Waals surface area contributed by atoms with E-state index in [-0.39, 0.29) is 16.8 Å². The summed E-state index contributed by atoms with van der Waals surface area (Å²) in [5, 5.41) is 3.61. The number of ether oxygens (including phenoxy) is 1. The molecule has 1 aromatic carbocycles. The Hall–Kier alpha value is -2.49. The van der Waals surface area contributed by atoms with Crippen molar-refractivity contribution in [1.29, 1.82) is 0 Å². The Balaban J connectivity index is 2.29. The molecule has 0 spiro atoms. The molecular weight excluding hydrogens is 312 g/mol. The summed E-state index contributed by atoms with van der Waals surface area (Å²) in [6, 6.07) is 3.13. The SMILES string of the molecule is CO[C@@](F)(C(=O)Nc1ccc2c(c1)C(=O)NC2=O)C(F)(F)F. The summed E-state index contributed by atoms with van der Waals surface area (Å²) in [6.45, 7) is 0. The second-order valence-corrected chi connectivity index (χ2v) is 4.29. The Kier molecular flexibility index (Phi) is 3.65. The molecule has 0 bridgehead atoms. The number of anilines is 1. The second kappa shape index (κ2) is 5.05. The highest BCUT2D eigenvalue weighted by Gasteiger charge is 2.63. The van der Waals surface area contributed by atoms with Gasteiger partial charge in [0.15, 0.2) is 0 Å². The monoisotopic (exact) mass is 320 g/mol. The molecule has 0 fully saturated rings. The number of benzene rings is 1. The fourth-order valence-corrected chi connectivity index (χ4v) is 1.79. The Bertz CT molecular complexity index is 674. The lowest BCUT2D eigenvalue weighted by molar-refractivity contribution is -0.305. The van der Waals surface area contributed by atoms with Gasteiger partial charge in [-0.05, 0) is 18.2 Å². The van der Waals surface area contributed by atoms with Gasteiger partial charge in [-0.3, -0.25) is 19.7 Å². The number of alkyl halides is 4. The number of imide groups is 1. The van der Waals surface area contributed by atoms with Gasteiger partial charge in [0.2, 0.25) is 0 Å². The highest BCUT2D eigenvalue weighted by Crippen LogP contribution is 2.35. The van der Waals surface area contributed by atoms with Crippen LogP contribution in [0.3, 0.4) is 0 Å². The van der Waals surface area contributed by atoms with Gasteiger partial charge in [0, 0.05) is 12.8 Å². The molecule has 0 saturated heterocycles. The third-order valence-electron chi connectivity index (χ3n) is 2.93. The van der Waals surface area contributed by atoms with Crippen molar-refractivity contribution in [2.45, 2.75) is 12.0 Å². The van der Waals surface area contributed by atoms with Crippen LogP contribution in [0.2, 0.25) is 0 Å². The van der Waals surface area contributed by atoms with Crippen molar-refractivity contribution >= 4 is 23.4 Å². The normalized spacial score (nSPS) is 16.8. The van der Waals surface area contributed by atoms with E-state index in [0.717, 1.165) is 18.2 Å². The fraction of sp³-hybridized carbons (Fsp3) is 0.250. The van der Waals surface area contributed by atoms with Gasteiger partial charge in [0.1, 0.15) is 0 Å². The van der Waals surface area contributed by atoms with E-state index in [0.29, 0.717) is 7.11 Å². The average Bonchev–Trinajstić information content (AvgIpc) is 2.71. The Morgan fingerprint density at radius 2 is 1.73 bits per heavy atom. The van der Waals surface area contributed by atoms with E-state index in [4.69, 9.17) is 0 Å². The maximum absolute atomic E-state index is 13.6. The molecule has 2 rings (SSSR count). The van der Waals surface area contributed by atoms with E-state index in [1.165, 1.54) is 0 Å². The zero-order valence-corrected chi connectivity index (χ0v) is 10.9. The van der Waals surface area contributed by atoms with Crippen LogP contribution >= 0.6 is 0 Å². The summed E-state index contributed by atoms with van der Waals surface area (Å²) < 4.78 is 54.8. The third kappa shape index (κ3) is 2.41. The lowest BCUT2D eigenvalue weighted by Gasteiger charge is -2.24. The molecule has 2 N–H and O–H groups in total. The standard InChI is InChI=1S/C12H8F4N2O4/c1-22-11(13,12(14,15)16)10(21)17-5-2-3-6-7(4-5)9(20)18-8(6)19/h2-4H,1H3,(H,17,21)(H,18,19,20)/t11-/m0/s1. The van der Waals surface area contributed by atoms with Crippen molar-refractivity contribution < 1.29 is 36.7 Å². The first-order valence-corrected chi connectivity index (χ1v) is 5.72. The van der Waals surface area contributed by atoms with Crippen molar-refractivity contribution in [2.24, 2.45) is 0 Å². The van der Waals surface area contributed by atoms with Crippen LogP contribution in [-0.4, -0.2) is 36.9 Å². The van der Waals surface area contributed by atoms with Crippen molar-refractivity contribution in [2.75, 3.05) is 12.4 Å². The van der Waals surface area contributed by atoms with Crippen molar-refractivity contribution in [1.82, 2.24) is 5.32 Å². The highest BCUT2D eigenvalue weighted by atomic mass is 19.4. The molecule has 3 amide bonds. The summed E-state index contributed by atoms with van der Waals surface area (Å²) in [6.07, 6.45) is -5.59. The summed E-state index contributed by atoms with van der Waals surface area (Å²) in [5.74, 6) is -8.09. The van der Waals surface area contributed by atoms with Crippen LogP contribution in [0.1, 0.15) is 20.7 Å². The summed E-state index contributed by atoms with van der Waals surface area (Å²) in [5.41, 5.74) is -0.439. The predicted molar refractivity (Wildman–Crippen MR) is 63.8 cm³/mol. The first-order valence-electron chi connectivity index (χ1n) is 5.72. The van der Waals surface area contributed by atoms with Gasteiger partial charge in [-0.1, -0.05) is 0 Å². The molecule has 22 heavy (non-hydrogen) atoms. The molecule has 0 radical (unpaired) electrons. The molecule has 0 unspecified atom stereocenters. The van der Waals surface area contributed by atoms with Crippen LogP contribution in [0, 0.1) is 0 Å². The van der Waals surface area contributed by atoms with Gasteiger partial charge >= 0.3 is 12.0 Å². The molecule has 0 saturated carbocycles. The van der Waals surface area contributed by atoms with E-state index in [2.05, 4.69) is 4.74 Å². The van der Waals surface area contributed by atoms with Gasteiger partial charge in [0.25, 0.3) is 17.7 Å². The first-order chi connectivity index (χ1) is 10.1. The topological polar surface area (TPSA) is 84.5 Å². The molecule has 1 heterocycles. The maximum Gasteiger partial charge on any atom is 0.458 e. The van der Waals surface area contributed by atoms with E-state index in [1.807, 2.05) is 5.32 Å². The average molecular weight is 320 g/mol. The number of fused-ring (bicyclic) bond motifs is 1. The molecule has 10 heteroatoms. The van der Waals surface area contributed by atoms with Crippen LogP contribution in [0.5, 0.6) is 0 Å². The van der Waals surface area contributed by atoms with E-state index in [1.54, 1.807) is 5.32 Å². The molecule has 1 aliphatic rings. The molecule has 0 aliphatic carbocycles.